The minimum absolute atomic E-state index is 0.0691. The Morgan fingerprint density at radius 1 is 0.944 bits per heavy atom. The number of amides is 2. The van der Waals surface area contributed by atoms with Crippen molar-refractivity contribution in [2.24, 2.45) is 0 Å². The number of sulfonamides is 1. The molecule has 0 unspecified atom stereocenters. The van der Waals surface area contributed by atoms with E-state index < -0.39 is 28.5 Å². The third kappa shape index (κ3) is 6.25. The Hall–Kier alpha value is -3.36. The summed E-state index contributed by atoms with van der Waals surface area (Å²) in [4.78, 5) is 27.6. The van der Waals surface area contributed by atoms with E-state index in [4.69, 9.17) is 11.6 Å². The lowest BCUT2D eigenvalue weighted by Gasteiger charge is -2.32. The standard InChI is InChI=1S/C27H30ClN3O4S/c1-19-10-15-24(16-20(19)2)31(36(34,35)25-8-6-5-7-9-25)18-26(32)30(21(3)27(33)29-4)17-22-11-13-23(28)14-12-22/h5-16,21H,17-18H2,1-4H3,(H,29,33)/t21-/m0/s1. The zero-order chi connectivity index (χ0) is 26.5. The van der Waals surface area contributed by atoms with Crippen LogP contribution in [0.4, 0.5) is 5.69 Å². The molecule has 36 heavy (non-hydrogen) atoms. The van der Waals surface area contributed by atoms with Crippen molar-refractivity contribution in [2.75, 3.05) is 17.9 Å². The van der Waals surface area contributed by atoms with E-state index in [-0.39, 0.29) is 17.3 Å². The van der Waals surface area contributed by atoms with Gasteiger partial charge in [0.15, 0.2) is 0 Å². The SMILES string of the molecule is CNC(=O)[C@H](C)N(Cc1ccc(Cl)cc1)C(=O)CN(c1ccc(C)c(C)c1)S(=O)(=O)c1ccccc1. The summed E-state index contributed by atoms with van der Waals surface area (Å²) >= 11 is 6.00. The Balaban J connectivity index is 2.04. The van der Waals surface area contributed by atoms with Gasteiger partial charge in [0.25, 0.3) is 10.0 Å². The molecule has 0 aliphatic heterocycles. The largest absolute Gasteiger partial charge is 0.357 e. The highest BCUT2D eigenvalue weighted by Crippen LogP contribution is 2.26. The van der Waals surface area contributed by atoms with Crippen LogP contribution in [-0.4, -0.2) is 44.8 Å². The summed E-state index contributed by atoms with van der Waals surface area (Å²) in [5.41, 5.74) is 3.02. The van der Waals surface area contributed by atoms with E-state index >= 15 is 0 Å². The summed E-state index contributed by atoms with van der Waals surface area (Å²) in [6.07, 6.45) is 0. The van der Waals surface area contributed by atoms with E-state index in [0.29, 0.717) is 10.7 Å². The Morgan fingerprint density at radius 2 is 1.58 bits per heavy atom. The van der Waals surface area contributed by atoms with Crippen molar-refractivity contribution in [3.05, 3.63) is 94.5 Å². The molecule has 0 spiro atoms. The molecule has 0 radical (unpaired) electrons. The van der Waals surface area contributed by atoms with Crippen molar-refractivity contribution in [1.29, 1.82) is 0 Å². The molecule has 1 atom stereocenters. The van der Waals surface area contributed by atoms with Crippen molar-refractivity contribution >= 4 is 39.1 Å². The molecule has 0 saturated heterocycles. The summed E-state index contributed by atoms with van der Waals surface area (Å²) in [5, 5.41) is 3.11. The van der Waals surface area contributed by atoms with Crippen LogP contribution >= 0.6 is 11.6 Å². The van der Waals surface area contributed by atoms with Gasteiger partial charge < -0.3 is 10.2 Å². The van der Waals surface area contributed by atoms with Gasteiger partial charge in [-0.15, -0.1) is 0 Å². The number of nitrogens with zero attached hydrogens (tertiary/aromatic N) is 2. The quantitative estimate of drug-likeness (QED) is 0.449. The van der Waals surface area contributed by atoms with Crippen LogP contribution in [0.2, 0.25) is 5.02 Å². The molecule has 0 aromatic heterocycles. The van der Waals surface area contributed by atoms with Crippen LogP contribution in [0.5, 0.6) is 0 Å². The Morgan fingerprint density at radius 3 is 2.17 bits per heavy atom. The number of nitrogens with one attached hydrogen (secondary N) is 1. The first-order valence-corrected chi connectivity index (χ1v) is 13.3. The maximum atomic E-state index is 13.7. The predicted molar refractivity (Wildman–Crippen MR) is 142 cm³/mol. The fourth-order valence-corrected chi connectivity index (χ4v) is 5.26. The predicted octanol–water partition coefficient (Wildman–Crippen LogP) is 4.32. The lowest BCUT2D eigenvalue weighted by molar-refractivity contribution is -0.139. The number of halogens is 1. The summed E-state index contributed by atoms with van der Waals surface area (Å²) in [7, 11) is -2.58. The highest BCUT2D eigenvalue weighted by molar-refractivity contribution is 7.92. The summed E-state index contributed by atoms with van der Waals surface area (Å²) < 4.78 is 28.5. The lowest BCUT2D eigenvalue weighted by Crippen LogP contribution is -2.50. The second-order valence-electron chi connectivity index (χ2n) is 8.53. The van der Waals surface area contributed by atoms with E-state index in [9.17, 15) is 18.0 Å². The van der Waals surface area contributed by atoms with Crippen molar-refractivity contribution in [1.82, 2.24) is 10.2 Å². The molecule has 3 rings (SSSR count). The average molecular weight is 528 g/mol. The van der Waals surface area contributed by atoms with Crippen LogP contribution in [0.15, 0.2) is 77.7 Å². The van der Waals surface area contributed by atoms with E-state index in [0.717, 1.165) is 21.0 Å². The summed E-state index contributed by atoms with van der Waals surface area (Å²) in [5.74, 6) is -0.875. The number of hydrogen-bond donors (Lipinski definition) is 1. The van der Waals surface area contributed by atoms with Crippen LogP contribution in [0.3, 0.4) is 0 Å². The normalized spacial score (nSPS) is 12.0. The minimum atomic E-state index is -4.07. The number of hydrogen-bond acceptors (Lipinski definition) is 4. The number of rotatable bonds is 9. The first-order valence-electron chi connectivity index (χ1n) is 11.4. The van der Waals surface area contributed by atoms with Gasteiger partial charge in [0, 0.05) is 18.6 Å². The van der Waals surface area contributed by atoms with E-state index in [1.54, 1.807) is 61.5 Å². The number of benzene rings is 3. The van der Waals surface area contributed by atoms with Gasteiger partial charge in [0.2, 0.25) is 11.8 Å². The van der Waals surface area contributed by atoms with Crippen molar-refractivity contribution < 1.29 is 18.0 Å². The fourth-order valence-electron chi connectivity index (χ4n) is 3.71. The molecule has 0 aliphatic carbocycles. The van der Waals surface area contributed by atoms with Crippen LogP contribution < -0.4 is 9.62 Å². The van der Waals surface area contributed by atoms with E-state index in [1.165, 1.54) is 24.1 Å². The topological polar surface area (TPSA) is 86.8 Å². The molecule has 190 valence electrons. The van der Waals surface area contributed by atoms with Crippen LogP contribution in [0.25, 0.3) is 0 Å². The molecule has 9 heteroatoms. The van der Waals surface area contributed by atoms with Crippen LogP contribution in [0.1, 0.15) is 23.6 Å². The number of likely N-dealkylation sites (N-methyl/N-ethyl adjacent to an activating group) is 1. The second-order valence-corrected chi connectivity index (χ2v) is 10.8. The van der Waals surface area contributed by atoms with E-state index in [2.05, 4.69) is 5.32 Å². The maximum Gasteiger partial charge on any atom is 0.264 e. The van der Waals surface area contributed by atoms with Crippen molar-refractivity contribution in [3.63, 3.8) is 0 Å². The van der Waals surface area contributed by atoms with Crippen molar-refractivity contribution in [2.45, 2.75) is 38.3 Å². The second kappa shape index (κ2) is 11.6. The molecule has 2 amide bonds. The Kier molecular flexibility index (Phi) is 8.76. The molecule has 0 fully saturated rings. The molecule has 0 saturated carbocycles. The zero-order valence-electron chi connectivity index (χ0n) is 20.7. The van der Waals surface area contributed by atoms with Gasteiger partial charge in [-0.05, 0) is 73.9 Å². The molecule has 1 N–H and O–H groups in total. The maximum absolute atomic E-state index is 13.7. The number of carbonyl (C=O) groups excluding carboxylic acids is 2. The van der Waals surface area contributed by atoms with Gasteiger partial charge in [-0.2, -0.15) is 0 Å². The molecule has 0 heterocycles. The van der Waals surface area contributed by atoms with Gasteiger partial charge in [0.1, 0.15) is 12.6 Å². The summed E-state index contributed by atoms with van der Waals surface area (Å²) in [6, 6.07) is 19.3. The highest BCUT2D eigenvalue weighted by atomic mass is 35.5. The van der Waals surface area contributed by atoms with Gasteiger partial charge in [0.05, 0.1) is 10.6 Å². The molecule has 0 aliphatic rings. The van der Waals surface area contributed by atoms with Gasteiger partial charge in [-0.3, -0.25) is 13.9 Å². The monoisotopic (exact) mass is 527 g/mol. The average Bonchev–Trinajstić information content (AvgIpc) is 2.88. The zero-order valence-corrected chi connectivity index (χ0v) is 22.3. The Labute approximate surface area is 217 Å². The molecular formula is C27H30ClN3O4S. The van der Waals surface area contributed by atoms with Crippen LogP contribution in [-0.2, 0) is 26.2 Å². The first kappa shape index (κ1) is 27.2. The molecule has 3 aromatic rings. The van der Waals surface area contributed by atoms with Crippen LogP contribution in [0, 0.1) is 13.8 Å². The number of aryl methyl sites for hydroxylation is 2. The number of anilines is 1. The first-order chi connectivity index (χ1) is 17.0. The molecule has 3 aromatic carbocycles. The fraction of sp³-hybridized carbons (Fsp3) is 0.259. The lowest BCUT2D eigenvalue weighted by atomic mass is 10.1. The third-order valence-electron chi connectivity index (χ3n) is 6.07. The smallest absolute Gasteiger partial charge is 0.264 e. The highest BCUT2D eigenvalue weighted by Gasteiger charge is 2.32. The van der Waals surface area contributed by atoms with Crippen molar-refractivity contribution in [3.8, 4) is 0 Å². The van der Waals surface area contributed by atoms with E-state index in [1.807, 2.05) is 19.9 Å². The van der Waals surface area contributed by atoms with Gasteiger partial charge >= 0.3 is 0 Å². The van der Waals surface area contributed by atoms with Gasteiger partial charge in [-0.25, -0.2) is 8.42 Å². The molecular weight excluding hydrogens is 498 g/mol. The third-order valence-corrected chi connectivity index (χ3v) is 8.11. The molecule has 0 bridgehead atoms. The number of carbonyl (C=O) groups is 2. The summed E-state index contributed by atoms with van der Waals surface area (Å²) in [6.45, 7) is 5.05. The molecule has 7 nitrogen and oxygen atoms in total. The van der Waals surface area contributed by atoms with Gasteiger partial charge in [-0.1, -0.05) is 48.0 Å². The Bertz CT molecular complexity index is 1330. The minimum Gasteiger partial charge on any atom is -0.357 e.